The van der Waals surface area contributed by atoms with Gasteiger partial charge in [-0.3, -0.25) is 20.2 Å². The molecule has 1 aromatic heterocycles. The highest BCUT2D eigenvalue weighted by Crippen LogP contribution is 2.28. The van der Waals surface area contributed by atoms with E-state index in [-0.39, 0.29) is 40.7 Å². The van der Waals surface area contributed by atoms with Crippen LogP contribution in [0.5, 0.6) is 23.5 Å². The summed E-state index contributed by atoms with van der Waals surface area (Å²) in [5, 5.41) is 22.0. The molecular weight excluding hydrogens is 418 g/mol. The Morgan fingerprint density at radius 2 is 1.12 bits per heavy atom. The summed E-state index contributed by atoms with van der Waals surface area (Å²) in [6.07, 6.45) is 0. The molecule has 11 nitrogen and oxygen atoms in total. The van der Waals surface area contributed by atoms with Crippen LogP contribution in [0.1, 0.15) is 0 Å². The predicted octanol–water partition coefficient (Wildman–Crippen LogP) is 4.94. The first kappa shape index (κ1) is 20.3. The molecule has 0 amide bonds. The van der Waals surface area contributed by atoms with Gasteiger partial charge in [0.15, 0.2) is 5.82 Å². The normalized spacial score (nSPS) is 10.4. The molecule has 0 fully saturated rings. The Morgan fingerprint density at radius 3 is 1.59 bits per heavy atom. The molecule has 0 bridgehead atoms. The number of non-ortho nitro benzene ring substituents is 2. The van der Waals surface area contributed by atoms with E-state index in [0.717, 1.165) is 0 Å². The molecule has 158 valence electrons. The summed E-state index contributed by atoms with van der Waals surface area (Å²) in [6.45, 7) is 0. The average molecular weight is 431 g/mol. The van der Waals surface area contributed by atoms with Gasteiger partial charge in [-0.05, 0) is 12.1 Å². The van der Waals surface area contributed by atoms with Crippen molar-refractivity contribution >= 4 is 11.4 Å². The number of rotatable bonds is 7. The van der Waals surface area contributed by atoms with Crippen molar-refractivity contribution in [3.63, 3.8) is 0 Å². The number of ether oxygens (including phenoxy) is 2. The molecule has 0 aliphatic rings. The Kier molecular flexibility index (Phi) is 5.62. The molecule has 0 unspecified atom stereocenters. The molecule has 11 heteroatoms. The number of nitro groups is 2. The van der Waals surface area contributed by atoms with Crippen LogP contribution in [0.2, 0.25) is 0 Å². The van der Waals surface area contributed by atoms with Gasteiger partial charge in [-0.15, -0.1) is 4.98 Å². The molecule has 0 spiro atoms. The van der Waals surface area contributed by atoms with Gasteiger partial charge in [-0.25, -0.2) is 0 Å². The Labute approximate surface area is 180 Å². The molecule has 0 aliphatic heterocycles. The third kappa shape index (κ3) is 4.79. The standard InChI is InChI=1S/C21H13N5O6/c27-25(28)15-8-4-10-17(12-15)31-20-22-19(14-6-2-1-3-7-14)23-21(24-20)32-18-11-5-9-16(13-18)26(29)30/h1-13H. The Hall–Kier alpha value is -4.93. The minimum absolute atomic E-state index is 0.144. The smallest absolute Gasteiger partial charge is 0.328 e. The number of benzene rings is 3. The van der Waals surface area contributed by atoms with Crippen molar-refractivity contribution in [2.45, 2.75) is 0 Å². The van der Waals surface area contributed by atoms with E-state index < -0.39 is 9.85 Å². The SMILES string of the molecule is O=[N+]([O-])c1cccc(Oc2nc(Oc3cccc([N+](=O)[O-])c3)nc(-c3ccccc3)n2)c1. The highest BCUT2D eigenvalue weighted by atomic mass is 16.6. The fraction of sp³-hybridized carbons (Fsp3) is 0. The second kappa shape index (κ2) is 8.83. The zero-order valence-corrected chi connectivity index (χ0v) is 16.2. The maximum atomic E-state index is 11.0. The van der Waals surface area contributed by atoms with Gasteiger partial charge in [0.1, 0.15) is 11.5 Å². The highest BCUT2D eigenvalue weighted by molar-refractivity contribution is 5.55. The lowest BCUT2D eigenvalue weighted by Gasteiger charge is -2.09. The maximum Gasteiger partial charge on any atom is 0.328 e. The molecule has 0 atom stereocenters. The van der Waals surface area contributed by atoms with Gasteiger partial charge in [0.25, 0.3) is 11.4 Å². The molecule has 0 N–H and O–H groups in total. The minimum atomic E-state index is -0.549. The van der Waals surface area contributed by atoms with E-state index in [0.29, 0.717) is 5.56 Å². The third-order valence-corrected chi connectivity index (χ3v) is 4.10. The van der Waals surface area contributed by atoms with Gasteiger partial charge >= 0.3 is 12.0 Å². The van der Waals surface area contributed by atoms with Crippen LogP contribution in [0, 0.1) is 20.2 Å². The van der Waals surface area contributed by atoms with Gasteiger partial charge in [0, 0.05) is 17.7 Å². The Balaban J connectivity index is 1.71. The van der Waals surface area contributed by atoms with Crippen molar-refractivity contribution in [1.82, 2.24) is 15.0 Å². The van der Waals surface area contributed by atoms with Crippen LogP contribution in [-0.4, -0.2) is 24.8 Å². The predicted molar refractivity (Wildman–Crippen MR) is 112 cm³/mol. The molecular formula is C21H13N5O6. The van der Waals surface area contributed by atoms with Crippen LogP contribution in [0.3, 0.4) is 0 Å². The molecule has 0 aliphatic carbocycles. The number of hydrogen-bond acceptors (Lipinski definition) is 9. The first-order valence-electron chi connectivity index (χ1n) is 9.14. The molecule has 4 rings (SSSR count). The summed E-state index contributed by atoms with van der Waals surface area (Å²) in [5.74, 6) is 0.512. The molecule has 1 heterocycles. The Bertz CT molecular complexity index is 1220. The van der Waals surface area contributed by atoms with Crippen molar-refractivity contribution in [3.05, 3.63) is 99.1 Å². The van der Waals surface area contributed by atoms with Crippen LogP contribution >= 0.6 is 0 Å². The molecule has 4 aromatic rings. The summed E-state index contributed by atoms with van der Waals surface area (Å²) in [4.78, 5) is 33.5. The summed E-state index contributed by atoms with van der Waals surface area (Å²) in [5.41, 5.74) is 0.323. The zero-order valence-electron chi connectivity index (χ0n) is 16.2. The van der Waals surface area contributed by atoms with Crippen LogP contribution in [0.25, 0.3) is 11.4 Å². The van der Waals surface area contributed by atoms with Crippen LogP contribution < -0.4 is 9.47 Å². The molecule has 0 radical (unpaired) electrons. The second-order valence-corrected chi connectivity index (χ2v) is 6.30. The van der Waals surface area contributed by atoms with E-state index in [1.54, 1.807) is 24.3 Å². The van der Waals surface area contributed by atoms with Crippen molar-refractivity contribution in [2.24, 2.45) is 0 Å². The van der Waals surface area contributed by atoms with Gasteiger partial charge in [-0.1, -0.05) is 42.5 Å². The van der Waals surface area contributed by atoms with Crippen LogP contribution in [0.15, 0.2) is 78.9 Å². The van der Waals surface area contributed by atoms with Crippen molar-refractivity contribution in [3.8, 4) is 34.9 Å². The average Bonchev–Trinajstić information content (AvgIpc) is 2.80. The number of nitrogens with zero attached hydrogens (tertiary/aromatic N) is 5. The van der Waals surface area contributed by atoms with Gasteiger partial charge in [0.05, 0.1) is 22.0 Å². The van der Waals surface area contributed by atoms with Crippen molar-refractivity contribution < 1.29 is 19.3 Å². The molecule has 0 saturated carbocycles. The van der Waals surface area contributed by atoms with Crippen molar-refractivity contribution in [2.75, 3.05) is 0 Å². The van der Waals surface area contributed by atoms with E-state index >= 15 is 0 Å². The summed E-state index contributed by atoms with van der Waals surface area (Å²) < 4.78 is 11.2. The fourth-order valence-corrected chi connectivity index (χ4v) is 2.68. The van der Waals surface area contributed by atoms with E-state index in [1.807, 2.05) is 6.07 Å². The van der Waals surface area contributed by atoms with E-state index in [2.05, 4.69) is 15.0 Å². The Morgan fingerprint density at radius 1 is 0.625 bits per heavy atom. The monoisotopic (exact) mass is 431 g/mol. The second-order valence-electron chi connectivity index (χ2n) is 6.30. The minimum Gasteiger partial charge on any atom is -0.424 e. The van der Waals surface area contributed by atoms with E-state index in [9.17, 15) is 20.2 Å². The first-order valence-corrected chi connectivity index (χ1v) is 9.14. The molecule has 0 saturated heterocycles. The van der Waals surface area contributed by atoms with Crippen LogP contribution in [0.4, 0.5) is 11.4 Å². The lowest BCUT2D eigenvalue weighted by atomic mass is 10.2. The van der Waals surface area contributed by atoms with E-state index in [1.165, 1.54) is 48.5 Å². The molecule has 32 heavy (non-hydrogen) atoms. The number of nitro benzene ring substituents is 2. The van der Waals surface area contributed by atoms with Crippen molar-refractivity contribution in [1.29, 1.82) is 0 Å². The molecule has 3 aromatic carbocycles. The lowest BCUT2D eigenvalue weighted by molar-refractivity contribution is -0.385. The summed E-state index contributed by atoms with van der Waals surface area (Å²) in [7, 11) is 0. The maximum absolute atomic E-state index is 11.0. The van der Waals surface area contributed by atoms with Gasteiger partial charge < -0.3 is 9.47 Å². The number of aromatic nitrogens is 3. The fourth-order valence-electron chi connectivity index (χ4n) is 2.68. The zero-order chi connectivity index (χ0) is 22.5. The number of hydrogen-bond donors (Lipinski definition) is 0. The summed E-state index contributed by atoms with van der Waals surface area (Å²) >= 11 is 0. The van der Waals surface area contributed by atoms with Crippen LogP contribution in [-0.2, 0) is 0 Å². The first-order chi connectivity index (χ1) is 15.5. The third-order valence-electron chi connectivity index (χ3n) is 4.10. The highest BCUT2D eigenvalue weighted by Gasteiger charge is 2.15. The largest absolute Gasteiger partial charge is 0.424 e. The van der Waals surface area contributed by atoms with Gasteiger partial charge in [0.2, 0.25) is 0 Å². The quantitative estimate of drug-likeness (QED) is 0.293. The summed E-state index contributed by atoms with van der Waals surface area (Å²) in [6, 6.07) is 19.7. The van der Waals surface area contributed by atoms with Gasteiger partial charge in [-0.2, -0.15) is 9.97 Å². The lowest BCUT2D eigenvalue weighted by Crippen LogP contribution is -2.01. The topological polar surface area (TPSA) is 143 Å². The van der Waals surface area contributed by atoms with E-state index in [4.69, 9.17) is 9.47 Å².